The molecular formula is C10H5Cl2NO2S. The molecule has 82 valence electrons. The molecule has 0 atom stereocenters. The summed E-state index contributed by atoms with van der Waals surface area (Å²) >= 11 is 13.1. The molecule has 0 saturated heterocycles. The van der Waals surface area contributed by atoms with Crippen molar-refractivity contribution in [2.24, 2.45) is 0 Å². The molecule has 1 heterocycles. The molecule has 1 N–H and O–H groups in total. The molecule has 0 spiro atoms. The Kier molecular flexibility index (Phi) is 3.14. The average molecular weight is 274 g/mol. The molecule has 0 fully saturated rings. The van der Waals surface area contributed by atoms with Crippen molar-refractivity contribution in [3.05, 3.63) is 39.3 Å². The zero-order valence-corrected chi connectivity index (χ0v) is 10.1. The van der Waals surface area contributed by atoms with E-state index in [4.69, 9.17) is 28.3 Å². The van der Waals surface area contributed by atoms with Gasteiger partial charge in [0.15, 0.2) is 5.69 Å². The first-order chi connectivity index (χ1) is 7.59. The van der Waals surface area contributed by atoms with Gasteiger partial charge in [-0.05, 0) is 6.07 Å². The standard InChI is InChI=1S/C10H5Cl2NO2S/c11-6-3-1-2-5(8(6)12)9-13-7(4-16-9)10(14)15/h1-4H,(H,14,15). The topological polar surface area (TPSA) is 50.2 Å². The molecule has 0 aliphatic rings. The molecular weight excluding hydrogens is 269 g/mol. The highest BCUT2D eigenvalue weighted by Crippen LogP contribution is 2.34. The Bertz CT molecular complexity index is 554. The molecule has 0 saturated carbocycles. The van der Waals surface area contributed by atoms with Gasteiger partial charge in [0.1, 0.15) is 5.01 Å². The summed E-state index contributed by atoms with van der Waals surface area (Å²) < 4.78 is 0. The second-order valence-corrected chi connectivity index (χ2v) is 4.59. The summed E-state index contributed by atoms with van der Waals surface area (Å²) in [6, 6.07) is 5.16. The van der Waals surface area contributed by atoms with Crippen molar-refractivity contribution >= 4 is 40.5 Å². The number of rotatable bonds is 2. The van der Waals surface area contributed by atoms with E-state index in [1.54, 1.807) is 18.2 Å². The SMILES string of the molecule is O=C(O)c1csc(-c2cccc(Cl)c2Cl)n1. The highest BCUT2D eigenvalue weighted by atomic mass is 35.5. The molecule has 2 aromatic rings. The number of carbonyl (C=O) groups is 1. The van der Waals surface area contributed by atoms with Gasteiger partial charge in [0.2, 0.25) is 0 Å². The zero-order chi connectivity index (χ0) is 11.7. The highest BCUT2D eigenvalue weighted by Gasteiger charge is 2.13. The number of benzene rings is 1. The quantitative estimate of drug-likeness (QED) is 0.905. The van der Waals surface area contributed by atoms with Gasteiger partial charge >= 0.3 is 5.97 Å². The van der Waals surface area contributed by atoms with Gasteiger partial charge in [-0.3, -0.25) is 0 Å². The lowest BCUT2D eigenvalue weighted by Crippen LogP contribution is -1.95. The van der Waals surface area contributed by atoms with E-state index in [9.17, 15) is 4.79 Å². The molecule has 0 bridgehead atoms. The molecule has 0 aliphatic carbocycles. The maximum atomic E-state index is 10.7. The molecule has 0 unspecified atom stereocenters. The predicted molar refractivity (Wildman–Crippen MR) is 64.5 cm³/mol. The second-order valence-electron chi connectivity index (χ2n) is 2.94. The first-order valence-corrected chi connectivity index (χ1v) is 5.86. The van der Waals surface area contributed by atoms with E-state index in [1.165, 1.54) is 16.7 Å². The van der Waals surface area contributed by atoms with Crippen molar-refractivity contribution in [2.45, 2.75) is 0 Å². The highest BCUT2D eigenvalue weighted by molar-refractivity contribution is 7.13. The number of halogens is 2. The minimum Gasteiger partial charge on any atom is -0.476 e. The molecule has 1 aromatic carbocycles. The Morgan fingerprint density at radius 3 is 2.75 bits per heavy atom. The maximum absolute atomic E-state index is 10.7. The van der Waals surface area contributed by atoms with Crippen LogP contribution in [0.5, 0.6) is 0 Å². The molecule has 0 radical (unpaired) electrons. The Hall–Kier alpha value is -1.10. The summed E-state index contributed by atoms with van der Waals surface area (Å²) in [7, 11) is 0. The minimum atomic E-state index is -1.05. The average Bonchev–Trinajstić information content (AvgIpc) is 2.71. The molecule has 2 rings (SSSR count). The second kappa shape index (κ2) is 4.41. The van der Waals surface area contributed by atoms with Gasteiger partial charge in [-0.25, -0.2) is 9.78 Å². The van der Waals surface area contributed by atoms with Crippen LogP contribution in [0.2, 0.25) is 10.0 Å². The van der Waals surface area contributed by atoms with Crippen molar-refractivity contribution in [3.8, 4) is 10.6 Å². The Morgan fingerprint density at radius 1 is 1.38 bits per heavy atom. The fourth-order valence-corrected chi connectivity index (χ4v) is 2.44. The Morgan fingerprint density at radius 2 is 2.12 bits per heavy atom. The number of nitrogens with zero attached hydrogens (tertiary/aromatic N) is 1. The molecule has 6 heteroatoms. The summed E-state index contributed by atoms with van der Waals surface area (Å²) in [6.45, 7) is 0. The fourth-order valence-electron chi connectivity index (χ4n) is 1.16. The lowest BCUT2D eigenvalue weighted by molar-refractivity contribution is 0.0691. The van der Waals surface area contributed by atoms with Crippen molar-refractivity contribution in [1.82, 2.24) is 4.98 Å². The number of hydrogen-bond donors (Lipinski definition) is 1. The van der Waals surface area contributed by atoms with Gasteiger partial charge in [0.05, 0.1) is 10.0 Å². The van der Waals surface area contributed by atoms with E-state index in [0.717, 1.165) is 0 Å². The van der Waals surface area contributed by atoms with Crippen LogP contribution >= 0.6 is 34.5 Å². The van der Waals surface area contributed by atoms with Crippen molar-refractivity contribution < 1.29 is 9.90 Å². The Labute approximate surface area is 105 Å². The lowest BCUT2D eigenvalue weighted by atomic mass is 10.2. The van der Waals surface area contributed by atoms with E-state index in [2.05, 4.69) is 4.98 Å². The summed E-state index contributed by atoms with van der Waals surface area (Å²) in [4.78, 5) is 14.6. The number of aromatic carboxylic acids is 1. The van der Waals surface area contributed by atoms with Crippen LogP contribution in [0.4, 0.5) is 0 Å². The third-order valence-electron chi connectivity index (χ3n) is 1.91. The van der Waals surface area contributed by atoms with E-state index in [0.29, 0.717) is 20.6 Å². The third kappa shape index (κ3) is 2.04. The predicted octanol–water partition coefficient (Wildman–Crippen LogP) is 3.82. The van der Waals surface area contributed by atoms with Gasteiger partial charge in [0, 0.05) is 10.9 Å². The first kappa shape index (κ1) is 11.4. The summed E-state index contributed by atoms with van der Waals surface area (Å²) in [5.41, 5.74) is 0.655. The maximum Gasteiger partial charge on any atom is 0.355 e. The van der Waals surface area contributed by atoms with Crippen molar-refractivity contribution in [2.75, 3.05) is 0 Å². The monoisotopic (exact) mass is 273 g/mol. The van der Waals surface area contributed by atoms with Gasteiger partial charge in [-0.1, -0.05) is 35.3 Å². The van der Waals surface area contributed by atoms with E-state index < -0.39 is 5.97 Å². The van der Waals surface area contributed by atoms with Crippen molar-refractivity contribution in [3.63, 3.8) is 0 Å². The van der Waals surface area contributed by atoms with E-state index in [-0.39, 0.29) is 5.69 Å². The normalized spacial score (nSPS) is 10.4. The summed E-state index contributed by atoms with van der Waals surface area (Å²) in [5, 5.41) is 11.6. The van der Waals surface area contributed by atoms with Crippen LogP contribution in [-0.2, 0) is 0 Å². The van der Waals surface area contributed by atoms with E-state index in [1.807, 2.05) is 0 Å². The van der Waals surface area contributed by atoms with Crippen LogP contribution in [0.25, 0.3) is 10.6 Å². The van der Waals surface area contributed by atoms with Crippen LogP contribution in [0.1, 0.15) is 10.5 Å². The number of aromatic nitrogens is 1. The Balaban J connectivity index is 2.50. The minimum absolute atomic E-state index is 0.0102. The number of hydrogen-bond acceptors (Lipinski definition) is 3. The summed E-state index contributed by atoms with van der Waals surface area (Å²) in [5.74, 6) is -1.05. The van der Waals surface area contributed by atoms with Crippen LogP contribution < -0.4 is 0 Å². The first-order valence-electron chi connectivity index (χ1n) is 4.23. The zero-order valence-electron chi connectivity index (χ0n) is 7.78. The van der Waals surface area contributed by atoms with Crippen LogP contribution in [0.3, 0.4) is 0 Å². The number of thiazole rings is 1. The van der Waals surface area contributed by atoms with Gasteiger partial charge in [-0.2, -0.15) is 0 Å². The number of carboxylic acids is 1. The summed E-state index contributed by atoms with van der Waals surface area (Å²) in [6.07, 6.45) is 0. The molecule has 3 nitrogen and oxygen atoms in total. The van der Waals surface area contributed by atoms with Crippen molar-refractivity contribution in [1.29, 1.82) is 0 Å². The lowest BCUT2D eigenvalue weighted by Gasteiger charge is -2.01. The smallest absolute Gasteiger partial charge is 0.355 e. The molecule has 0 aliphatic heterocycles. The van der Waals surface area contributed by atoms with Crippen LogP contribution in [-0.4, -0.2) is 16.1 Å². The fraction of sp³-hybridized carbons (Fsp3) is 0. The van der Waals surface area contributed by atoms with Gasteiger partial charge in [-0.15, -0.1) is 11.3 Å². The number of carboxylic acid groups (broad SMARTS) is 1. The largest absolute Gasteiger partial charge is 0.476 e. The molecule has 0 amide bonds. The third-order valence-corrected chi connectivity index (χ3v) is 3.60. The van der Waals surface area contributed by atoms with E-state index >= 15 is 0 Å². The molecule has 16 heavy (non-hydrogen) atoms. The molecule has 1 aromatic heterocycles. The van der Waals surface area contributed by atoms with Crippen LogP contribution in [0, 0.1) is 0 Å². The van der Waals surface area contributed by atoms with Gasteiger partial charge in [0.25, 0.3) is 0 Å². The van der Waals surface area contributed by atoms with Gasteiger partial charge < -0.3 is 5.11 Å². The van der Waals surface area contributed by atoms with Crippen LogP contribution in [0.15, 0.2) is 23.6 Å².